The van der Waals surface area contributed by atoms with Crippen molar-refractivity contribution < 1.29 is 23.5 Å². The van der Waals surface area contributed by atoms with Gasteiger partial charge in [-0.2, -0.15) is 0 Å². The zero-order chi connectivity index (χ0) is 21.4. The van der Waals surface area contributed by atoms with Crippen LogP contribution in [0.4, 0.5) is 4.39 Å². The summed E-state index contributed by atoms with van der Waals surface area (Å²) < 4.78 is 18.8. The Morgan fingerprint density at radius 2 is 1.45 bits per heavy atom. The van der Waals surface area contributed by atoms with Crippen LogP contribution in [-0.4, -0.2) is 37.0 Å². The predicted octanol–water partition coefficient (Wildman–Crippen LogP) is 2.54. The molecule has 0 unspecified atom stereocenters. The third-order valence-corrected chi connectivity index (χ3v) is 4.73. The van der Waals surface area contributed by atoms with E-state index in [4.69, 9.17) is 4.74 Å². The van der Waals surface area contributed by atoms with Crippen molar-refractivity contribution in [1.82, 2.24) is 10.6 Å². The lowest BCUT2D eigenvalue weighted by Gasteiger charge is -2.22. The Kier molecular flexibility index (Phi) is 8.33. The van der Waals surface area contributed by atoms with Gasteiger partial charge in [0.15, 0.2) is 0 Å². The van der Waals surface area contributed by atoms with Gasteiger partial charge in [0.2, 0.25) is 11.8 Å². The first-order valence-corrected chi connectivity index (χ1v) is 9.72. The SMILES string of the molecule is COC(=O)[C@H](Cc1ccc(Br)cc1)NC(=O)[C@H](Cc1ccc(F)cc1)NC(C)=O. The number of methoxy groups -OCH3 is 1. The van der Waals surface area contributed by atoms with Crippen molar-refractivity contribution in [2.45, 2.75) is 31.8 Å². The number of esters is 1. The van der Waals surface area contributed by atoms with Gasteiger partial charge in [0.25, 0.3) is 0 Å². The summed E-state index contributed by atoms with van der Waals surface area (Å²) in [7, 11) is 1.24. The number of benzene rings is 2. The molecule has 0 radical (unpaired) electrons. The molecule has 29 heavy (non-hydrogen) atoms. The summed E-state index contributed by atoms with van der Waals surface area (Å²) in [6, 6.07) is 11.1. The van der Waals surface area contributed by atoms with Crippen molar-refractivity contribution >= 4 is 33.7 Å². The van der Waals surface area contributed by atoms with E-state index >= 15 is 0 Å². The van der Waals surface area contributed by atoms with E-state index < -0.39 is 35.7 Å². The number of carbonyl (C=O) groups excluding carboxylic acids is 3. The number of hydrogen-bond acceptors (Lipinski definition) is 4. The molecule has 0 aliphatic carbocycles. The van der Waals surface area contributed by atoms with Gasteiger partial charge in [-0.15, -0.1) is 0 Å². The molecule has 0 saturated heterocycles. The molecule has 0 aromatic heterocycles. The normalized spacial score (nSPS) is 12.6. The fourth-order valence-corrected chi connectivity index (χ4v) is 3.04. The van der Waals surface area contributed by atoms with Crippen LogP contribution < -0.4 is 10.6 Å². The second-order valence-electron chi connectivity index (χ2n) is 6.50. The highest BCUT2D eigenvalue weighted by molar-refractivity contribution is 9.10. The number of amides is 2. The van der Waals surface area contributed by atoms with Crippen LogP contribution in [-0.2, 0) is 32.0 Å². The van der Waals surface area contributed by atoms with Gasteiger partial charge in [-0.25, -0.2) is 9.18 Å². The van der Waals surface area contributed by atoms with Gasteiger partial charge in [0.1, 0.15) is 17.9 Å². The predicted molar refractivity (Wildman–Crippen MR) is 110 cm³/mol. The highest BCUT2D eigenvalue weighted by Crippen LogP contribution is 2.13. The maximum atomic E-state index is 13.1. The Labute approximate surface area is 177 Å². The summed E-state index contributed by atoms with van der Waals surface area (Å²) in [5.41, 5.74) is 1.50. The van der Waals surface area contributed by atoms with E-state index in [1.54, 1.807) is 0 Å². The number of ether oxygens (including phenoxy) is 1. The Balaban J connectivity index is 2.15. The van der Waals surface area contributed by atoms with Crippen LogP contribution in [0.15, 0.2) is 53.0 Å². The number of hydrogen-bond donors (Lipinski definition) is 2. The molecule has 154 valence electrons. The molecule has 0 spiro atoms. The molecule has 8 heteroatoms. The molecule has 0 fully saturated rings. The monoisotopic (exact) mass is 464 g/mol. The van der Waals surface area contributed by atoms with E-state index in [1.807, 2.05) is 24.3 Å². The van der Waals surface area contributed by atoms with Crippen LogP contribution in [0.5, 0.6) is 0 Å². The number of nitrogens with one attached hydrogen (secondary N) is 2. The summed E-state index contributed by atoms with van der Waals surface area (Å²) in [5.74, 6) is -1.91. The highest BCUT2D eigenvalue weighted by atomic mass is 79.9. The van der Waals surface area contributed by atoms with E-state index in [0.717, 1.165) is 10.0 Å². The average Bonchev–Trinajstić information content (AvgIpc) is 2.69. The minimum Gasteiger partial charge on any atom is -0.467 e. The first kappa shape index (κ1) is 22.5. The molecule has 0 heterocycles. The molecule has 0 bridgehead atoms. The first-order chi connectivity index (χ1) is 13.8. The summed E-state index contributed by atoms with van der Waals surface area (Å²) in [6.45, 7) is 1.30. The first-order valence-electron chi connectivity index (χ1n) is 8.92. The minimum atomic E-state index is -0.921. The van der Waals surface area contributed by atoms with Crippen molar-refractivity contribution in [1.29, 1.82) is 0 Å². The lowest BCUT2D eigenvalue weighted by molar-refractivity contribution is -0.145. The lowest BCUT2D eigenvalue weighted by Crippen LogP contribution is -2.53. The van der Waals surface area contributed by atoms with E-state index in [1.165, 1.54) is 38.3 Å². The Morgan fingerprint density at radius 3 is 1.97 bits per heavy atom. The van der Waals surface area contributed by atoms with Crippen LogP contribution in [0, 0.1) is 5.82 Å². The third-order valence-electron chi connectivity index (χ3n) is 4.20. The van der Waals surface area contributed by atoms with Crippen molar-refractivity contribution in [2.24, 2.45) is 0 Å². The van der Waals surface area contributed by atoms with Gasteiger partial charge < -0.3 is 15.4 Å². The number of carbonyl (C=O) groups is 3. The maximum Gasteiger partial charge on any atom is 0.328 e. The van der Waals surface area contributed by atoms with E-state index in [-0.39, 0.29) is 12.8 Å². The zero-order valence-electron chi connectivity index (χ0n) is 16.1. The van der Waals surface area contributed by atoms with Gasteiger partial charge in [-0.3, -0.25) is 9.59 Å². The summed E-state index contributed by atoms with van der Waals surface area (Å²) in [4.78, 5) is 36.5. The smallest absolute Gasteiger partial charge is 0.328 e. The van der Waals surface area contributed by atoms with Gasteiger partial charge in [-0.05, 0) is 35.4 Å². The second-order valence-corrected chi connectivity index (χ2v) is 7.41. The number of halogens is 2. The Hall–Kier alpha value is -2.74. The van der Waals surface area contributed by atoms with Crippen molar-refractivity contribution in [2.75, 3.05) is 7.11 Å². The molecule has 0 aliphatic heterocycles. The van der Waals surface area contributed by atoms with Crippen molar-refractivity contribution in [3.63, 3.8) is 0 Å². The standard InChI is InChI=1S/C21H22BrFN2O4/c1-13(26)24-18(11-15-5-9-17(23)10-6-15)20(27)25-19(21(28)29-2)12-14-3-7-16(22)8-4-14/h3-10,18-19H,11-12H2,1-2H3,(H,24,26)(H,25,27)/t18-,19-/m0/s1. The summed E-state index contributed by atoms with van der Waals surface area (Å²) >= 11 is 3.35. The van der Waals surface area contributed by atoms with Gasteiger partial charge in [0.05, 0.1) is 7.11 Å². The van der Waals surface area contributed by atoms with E-state index in [0.29, 0.717) is 5.56 Å². The molecule has 2 N–H and O–H groups in total. The van der Waals surface area contributed by atoms with Crippen LogP contribution in [0.2, 0.25) is 0 Å². The Bertz CT molecular complexity index is 856. The van der Waals surface area contributed by atoms with Crippen molar-refractivity contribution in [3.05, 3.63) is 69.9 Å². The quantitative estimate of drug-likeness (QED) is 0.587. The third kappa shape index (κ3) is 7.30. The van der Waals surface area contributed by atoms with E-state index in [9.17, 15) is 18.8 Å². The van der Waals surface area contributed by atoms with Crippen molar-refractivity contribution in [3.8, 4) is 0 Å². The van der Waals surface area contributed by atoms with Crippen LogP contribution in [0.3, 0.4) is 0 Å². The topological polar surface area (TPSA) is 84.5 Å². The van der Waals surface area contributed by atoms with Gasteiger partial charge >= 0.3 is 5.97 Å². The van der Waals surface area contributed by atoms with Gasteiger partial charge in [0, 0.05) is 24.2 Å². The zero-order valence-corrected chi connectivity index (χ0v) is 17.7. The van der Waals surface area contributed by atoms with Gasteiger partial charge in [-0.1, -0.05) is 40.2 Å². The largest absolute Gasteiger partial charge is 0.467 e. The molecule has 2 atom stereocenters. The van der Waals surface area contributed by atoms with Crippen LogP contribution in [0.1, 0.15) is 18.1 Å². The van der Waals surface area contributed by atoms with Crippen LogP contribution in [0.25, 0.3) is 0 Å². The fourth-order valence-electron chi connectivity index (χ4n) is 2.77. The molecule has 2 rings (SSSR count). The van der Waals surface area contributed by atoms with E-state index in [2.05, 4.69) is 26.6 Å². The lowest BCUT2D eigenvalue weighted by atomic mass is 10.0. The maximum absolute atomic E-state index is 13.1. The molecular formula is C21H22BrFN2O4. The fraction of sp³-hybridized carbons (Fsp3) is 0.286. The average molecular weight is 465 g/mol. The molecule has 0 saturated carbocycles. The second kappa shape index (κ2) is 10.7. The number of rotatable bonds is 8. The molecule has 0 aliphatic rings. The van der Waals surface area contributed by atoms with Crippen LogP contribution >= 0.6 is 15.9 Å². The summed E-state index contributed by atoms with van der Waals surface area (Å²) in [6.07, 6.45) is 0.382. The molecule has 2 aromatic carbocycles. The molecular weight excluding hydrogens is 443 g/mol. The molecule has 6 nitrogen and oxygen atoms in total. The summed E-state index contributed by atoms with van der Waals surface area (Å²) in [5, 5.41) is 5.23. The molecule has 2 aromatic rings. The highest BCUT2D eigenvalue weighted by Gasteiger charge is 2.27. The minimum absolute atomic E-state index is 0.151. The molecule has 2 amide bonds. The Morgan fingerprint density at radius 1 is 0.931 bits per heavy atom.